The lowest BCUT2D eigenvalue weighted by molar-refractivity contribution is 0.590. The molecule has 188 valence electrons. The van der Waals surface area contributed by atoms with Crippen molar-refractivity contribution >= 4 is 95.1 Å². The molecule has 0 fully saturated rings. The molecular formula is C32H36S4. The SMILES string of the molecule is CCCCCCCCCc1cc2cc3c(cc2s1)sc1c2cc4cc(CCCCC)sc4cc2sc31. The van der Waals surface area contributed by atoms with Crippen molar-refractivity contribution in [2.75, 3.05) is 0 Å². The van der Waals surface area contributed by atoms with E-state index in [-0.39, 0.29) is 0 Å². The van der Waals surface area contributed by atoms with E-state index in [9.17, 15) is 0 Å². The van der Waals surface area contributed by atoms with E-state index in [1.54, 1.807) is 9.75 Å². The van der Waals surface area contributed by atoms with Crippen LogP contribution in [0.5, 0.6) is 0 Å². The minimum Gasteiger partial charge on any atom is -0.140 e. The van der Waals surface area contributed by atoms with Crippen molar-refractivity contribution < 1.29 is 0 Å². The van der Waals surface area contributed by atoms with Gasteiger partial charge in [0.2, 0.25) is 0 Å². The van der Waals surface area contributed by atoms with Crippen LogP contribution in [0.4, 0.5) is 0 Å². The van der Waals surface area contributed by atoms with Crippen molar-refractivity contribution in [3.8, 4) is 0 Å². The van der Waals surface area contributed by atoms with E-state index in [1.807, 2.05) is 45.3 Å². The average Bonchev–Trinajstić information content (AvgIpc) is 3.62. The highest BCUT2D eigenvalue weighted by Gasteiger charge is 2.15. The summed E-state index contributed by atoms with van der Waals surface area (Å²) in [6, 6.07) is 14.8. The quantitative estimate of drug-likeness (QED) is 0.133. The summed E-state index contributed by atoms with van der Waals surface area (Å²) < 4.78 is 8.83. The summed E-state index contributed by atoms with van der Waals surface area (Å²) in [5, 5.41) is 5.81. The Bertz CT molecular complexity index is 1620. The second kappa shape index (κ2) is 11.1. The molecule has 4 heterocycles. The monoisotopic (exact) mass is 548 g/mol. The lowest BCUT2D eigenvalue weighted by atomic mass is 10.1. The van der Waals surface area contributed by atoms with Gasteiger partial charge in [0, 0.05) is 39.3 Å². The second-order valence-electron chi connectivity index (χ2n) is 10.4. The summed E-state index contributed by atoms with van der Waals surface area (Å²) in [6.07, 6.45) is 16.1. The molecule has 0 unspecified atom stereocenters. The molecule has 0 saturated heterocycles. The molecule has 0 aliphatic heterocycles. The van der Waals surface area contributed by atoms with Gasteiger partial charge in [0.25, 0.3) is 0 Å². The number of unbranched alkanes of at least 4 members (excludes halogenated alkanes) is 8. The molecule has 4 heteroatoms. The van der Waals surface area contributed by atoms with Crippen molar-refractivity contribution in [3.63, 3.8) is 0 Å². The van der Waals surface area contributed by atoms with Crippen LogP contribution in [-0.4, -0.2) is 0 Å². The molecule has 0 aliphatic carbocycles. The van der Waals surface area contributed by atoms with Crippen LogP contribution in [0.3, 0.4) is 0 Å². The predicted octanol–water partition coefficient (Wildman–Crippen LogP) is 12.7. The molecule has 0 saturated carbocycles. The standard InChI is InChI=1S/C32H36S4/c1-3-5-7-8-9-10-12-14-24-16-22-18-26-30(20-28(22)34-24)36-31-25-17-21-15-23(13-11-6-4-2)33-27(21)19-29(25)35-32(26)31/h15-20H,3-14H2,1-2H3. The van der Waals surface area contributed by atoms with E-state index in [0.717, 1.165) is 0 Å². The zero-order valence-electron chi connectivity index (χ0n) is 21.6. The van der Waals surface area contributed by atoms with Crippen LogP contribution in [-0.2, 0) is 12.8 Å². The maximum atomic E-state index is 2.48. The van der Waals surface area contributed by atoms with Crippen LogP contribution < -0.4 is 0 Å². The zero-order chi connectivity index (χ0) is 24.5. The third kappa shape index (κ3) is 4.99. The Morgan fingerprint density at radius 3 is 1.42 bits per heavy atom. The molecule has 6 aromatic rings. The summed E-state index contributed by atoms with van der Waals surface area (Å²) >= 11 is 8.04. The molecule has 2 aromatic carbocycles. The highest BCUT2D eigenvalue weighted by molar-refractivity contribution is 7.37. The van der Waals surface area contributed by atoms with Gasteiger partial charge in [0.05, 0.1) is 9.40 Å². The Morgan fingerprint density at radius 2 is 0.889 bits per heavy atom. The molecule has 0 aliphatic rings. The molecule has 4 aromatic heterocycles. The van der Waals surface area contributed by atoms with Crippen molar-refractivity contribution in [3.05, 3.63) is 46.2 Å². The number of hydrogen-bond acceptors (Lipinski definition) is 4. The summed E-state index contributed by atoms with van der Waals surface area (Å²) in [5.74, 6) is 0. The third-order valence-electron chi connectivity index (χ3n) is 7.51. The normalized spacial score (nSPS) is 12.4. The zero-order valence-corrected chi connectivity index (χ0v) is 24.8. The fourth-order valence-electron chi connectivity index (χ4n) is 5.49. The van der Waals surface area contributed by atoms with E-state index in [2.05, 4.69) is 50.2 Å². The lowest BCUT2D eigenvalue weighted by Gasteiger charge is -1.99. The van der Waals surface area contributed by atoms with Crippen LogP contribution in [0.1, 0.15) is 87.8 Å². The Labute approximate surface area is 231 Å². The van der Waals surface area contributed by atoms with Gasteiger partial charge in [0.15, 0.2) is 0 Å². The molecule has 0 spiro atoms. The average molecular weight is 549 g/mol. The number of thiophene rings is 4. The molecular weight excluding hydrogens is 513 g/mol. The van der Waals surface area contributed by atoms with Crippen LogP contribution >= 0.6 is 45.3 Å². The first-order valence-corrected chi connectivity index (χ1v) is 17.2. The molecule has 0 amide bonds. The molecule has 0 bridgehead atoms. The van der Waals surface area contributed by atoms with Gasteiger partial charge < -0.3 is 0 Å². The minimum atomic E-state index is 1.23. The first-order chi connectivity index (χ1) is 17.7. The molecule has 0 N–H and O–H groups in total. The first-order valence-electron chi connectivity index (χ1n) is 14.0. The highest BCUT2D eigenvalue weighted by atomic mass is 32.1. The largest absolute Gasteiger partial charge is 0.140 e. The van der Waals surface area contributed by atoms with Gasteiger partial charge in [-0.1, -0.05) is 65.2 Å². The van der Waals surface area contributed by atoms with Gasteiger partial charge in [-0.2, -0.15) is 0 Å². The Kier molecular flexibility index (Phi) is 7.67. The topological polar surface area (TPSA) is 0 Å². The summed E-state index contributed by atoms with van der Waals surface area (Å²) in [6.45, 7) is 4.58. The van der Waals surface area contributed by atoms with E-state index in [0.29, 0.717) is 0 Å². The number of aryl methyl sites for hydroxylation is 2. The van der Waals surface area contributed by atoms with Crippen LogP contribution in [0.2, 0.25) is 0 Å². The second-order valence-corrected chi connectivity index (χ2v) is 14.8. The summed E-state index contributed by atoms with van der Waals surface area (Å²) in [7, 11) is 0. The van der Waals surface area contributed by atoms with Crippen molar-refractivity contribution in [2.45, 2.75) is 90.9 Å². The molecule has 6 rings (SSSR count). The van der Waals surface area contributed by atoms with E-state index >= 15 is 0 Å². The van der Waals surface area contributed by atoms with E-state index in [4.69, 9.17) is 0 Å². The number of fused-ring (bicyclic) bond motifs is 7. The maximum Gasteiger partial charge on any atom is 0.0542 e. The molecule has 0 nitrogen and oxygen atoms in total. The molecule has 36 heavy (non-hydrogen) atoms. The van der Waals surface area contributed by atoms with Gasteiger partial charge in [0.1, 0.15) is 0 Å². The Hall–Kier alpha value is -1.46. The van der Waals surface area contributed by atoms with Gasteiger partial charge >= 0.3 is 0 Å². The fraction of sp³-hybridized carbons (Fsp3) is 0.438. The summed E-state index contributed by atoms with van der Waals surface area (Å²) in [4.78, 5) is 3.12. The van der Waals surface area contributed by atoms with Gasteiger partial charge in [-0.3, -0.25) is 0 Å². The number of benzene rings is 2. The van der Waals surface area contributed by atoms with Gasteiger partial charge in [-0.05, 0) is 72.9 Å². The third-order valence-corrected chi connectivity index (χ3v) is 12.3. The highest BCUT2D eigenvalue weighted by Crippen LogP contribution is 2.47. The van der Waals surface area contributed by atoms with Crippen molar-refractivity contribution in [1.29, 1.82) is 0 Å². The van der Waals surface area contributed by atoms with Crippen LogP contribution in [0, 0.1) is 0 Å². The van der Waals surface area contributed by atoms with Crippen molar-refractivity contribution in [1.82, 2.24) is 0 Å². The van der Waals surface area contributed by atoms with Gasteiger partial charge in [-0.25, -0.2) is 0 Å². The van der Waals surface area contributed by atoms with Crippen LogP contribution in [0.15, 0.2) is 36.4 Å². The predicted molar refractivity (Wildman–Crippen MR) is 170 cm³/mol. The lowest BCUT2D eigenvalue weighted by Crippen LogP contribution is -1.82. The van der Waals surface area contributed by atoms with Crippen molar-refractivity contribution in [2.24, 2.45) is 0 Å². The number of hydrogen-bond donors (Lipinski definition) is 0. The van der Waals surface area contributed by atoms with Crippen LogP contribution in [0.25, 0.3) is 49.7 Å². The smallest absolute Gasteiger partial charge is 0.0542 e. The van der Waals surface area contributed by atoms with Gasteiger partial charge in [-0.15, -0.1) is 45.3 Å². The minimum absolute atomic E-state index is 1.23. The Balaban J connectivity index is 1.25. The first kappa shape index (κ1) is 24.9. The number of rotatable bonds is 12. The fourth-order valence-corrected chi connectivity index (χ4v) is 10.6. The molecule has 0 radical (unpaired) electrons. The summed E-state index contributed by atoms with van der Waals surface area (Å²) in [5.41, 5.74) is 0. The van der Waals surface area contributed by atoms with E-state index < -0.39 is 0 Å². The van der Waals surface area contributed by atoms with E-state index in [1.165, 1.54) is 127 Å². The molecule has 0 atom stereocenters. The Morgan fingerprint density at radius 1 is 0.444 bits per heavy atom. The maximum absolute atomic E-state index is 2.48.